The minimum Gasteiger partial charge on any atom is -0.434 e. The van der Waals surface area contributed by atoms with Gasteiger partial charge in [0, 0.05) is 24.4 Å². The standard InChI is InChI=1S/C17H19F2N3O3S/c1-10-13(15(23)22-6-8-24-9-7-22)14(21-17(26)20-10)11-4-2-3-5-12(11)25-16(18)19/h2-5,13-14,16H,1,6-9H2,(H2,20,21,26)/t13-,14+/m1/s1. The average Bonchev–Trinajstić information content (AvgIpc) is 2.61. The molecular formula is C17H19F2N3O3S. The molecule has 0 saturated carbocycles. The van der Waals surface area contributed by atoms with Crippen molar-refractivity contribution >= 4 is 23.2 Å². The third-order valence-corrected chi connectivity index (χ3v) is 4.55. The van der Waals surface area contributed by atoms with Crippen LogP contribution in [0.25, 0.3) is 0 Å². The number of rotatable bonds is 4. The number of alkyl halides is 2. The van der Waals surface area contributed by atoms with Crippen molar-refractivity contribution in [2.75, 3.05) is 26.3 Å². The maximum atomic E-state index is 13.1. The number of hydrogen-bond acceptors (Lipinski definition) is 4. The van der Waals surface area contributed by atoms with Crippen LogP contribution in [0.5, 0.6) is 5.75 Å². The van der Waals surface area contributed by atoms with Gasteiger partial charge in [-0.25, -0.2) is 0 Å². The van der Waals surface area contributed by atoms with Crippen LogP contribution in [0.15, 0.2) is 36.5 Å². The summed E-state index contributed by atoms with van der Waals surface area (Å²) in [6.45, 7) is 2.80. The van der Waals surface area contributed by atoms with Crippen LogP contribution in [0.3, 0.4) is 0 Å². The Morgan fingerprint density at radius 1 is 1.35 bits per heavy atom. The molecule has 26 heavy (non-hydrogen) atoms. The fourth-order valence-corrected chi connectivity index (χ4v) is 3.41. The van der Waals surface area contributed by atoms with Crippen molar-refractivity contribution in [2.45, 2.75) is 12.7 Å². The van der Waals surface area contributed by atoms with Gasteiger partial charge in [0.25, 0.3) is 0 Å². The van der Waals surface area contributed by atoms with Crippen molar-refractivity contribution in [2.24, 2.45) is 5.92 Å². The Balaban J connectivity index is 1.95. The van der Waals surface area contributed by atoms with Crippen molar-refractivity contribution in [3.05, 3.63) is 42.1 Å². The van der Waals surface area contributed by atoms with E-state index >= 15 is 0 Å². The zero-order valence-electron chi connectivity index (χ0n) is 13.9. The third kappa shape index (κ3) is 3.94. The molecule has 3 rings (SSSR count). The predicted molar refractivity (Wildman–Crippen MR) is 94.7 cm³/mol. The highest BCUT2D eigenvalue weighted by Gasteiger charge is 2.40. The summed E-state index contributed by atoms with van der Waals surface area (Å²) in [4.78, 5) is 14.8. The van der Waals surface area contributed by atoms with Gasteiger partial charge in [-0.1, -0.05) is 24.8 Å². The number of benzene rings is 1. The second kappa shape index (κ2) is 7.96. The molecule has 6 nitrogen and oxygen atoms in total. The normalized spacial score (nSPS) is 23.4. The van der Waals surface area contributed by atoms with Crippen molar-refractivity contribution in [3.63, 3.8) is 0 Å². The number of ether oxygens (including phenoxy) is 2. The maximum Gasteiger partial charge on any atom is 0.387 e. The van der Waals surface area contributed by atoms with Gasteiger partial charge in [0.15, 0.2) is 5.11 Å². The number of hydrogen-bond donors (Lipinski definition) is 2. The molecule has 2 N–H and O–H groups in total. The maximum absolute atomic E-state index is 13.1. The predicted octanol–water partition coefficient (Wildman–Crippen LogP) is 1.80. The fourth-order valence-electron chi connectivity index (χ4n) is 3.16. The van der Waals surface area contributed by atoms with Crippen LogP contribution >= 0.6 is 12.2 Å². The summed E-state index contributed by atoms with van der Waals surface area (Å²) in [6.07, 6.45) is 0. The molecule has 0 bridgehead atoms. The highest BCUT2D eigenvalue weighted by atomic mass is 32.1. The number of carbonyl (C=O) groups excluding carboxylic acids is 1. The molecule has 0 aromatic heterocycles. The first-order valence-electron chi connectivity index (χ1n) is 8.14. The van der Waals surface area contributed by atoms with E-state index in [-0.39, 0.29) is 16.8 Å². The molecule has 2 heterocycles. The van der Waals surface area contributed by atoms with E-state index in [9.17, 15) is 13.6 Å². The summed E-state index contributed by atoms with van der Waals surface area (Å²) in [7, 11) is 0. The number of carbonyl (C=O) groups is 1. The minimum absolute atomic E-state index is 0.00252. The smallest absolute Gasteiger partial charge is 0.387 e. The number of para-hydroxylation sites is 1. The molecule has 140 valence electrons. The van der Waals surface area contributed by atoms with Gasteiger partial charge >= 0.3 is 6.61 Å². The van der Waals surface area contributed by atoms with Crippen LogP contribution in [0.2, 0.25) is 0 Å². The lowest BCUT2D eigenvalue weighted by Gasteiger charge is -2.39. The van der Waals surface area contributed by atoms with Gasteiger partial charge in [-0.15, -0.1) is 0 Å². The molecule has 0 spiro atoms. The third-order valence-electron chi connectivity index (χ3n) is 4.33. The molecule has 2 fully saturated rings. The summed E-state index contributed by atoms with van der Waals surface area (Å²) >= 11 is 5.17. The quantitative estimate of drug-likeness (QED) is 0.773. The van der Waals surface area contributed by atoms with Gasteiger partial charge in [0.2, 0.25) is 5.91 Å². The number of halogens is 2. The zero-order valence-corrected chi connectivity index (χ0v) is 14.7. The molecule has 2 aliphatic rings. The molecule has 1 amide bonds. The Morgan fingerprint density at radius 2 is 2.04 bits per heavy atom. The van der Waals surface area contributed by atoms with Crippen LogP contribution in [-0.4, -0.2) is 48.8 Å². The lowest BCUT2D eigenvalue weighted by molar-refractivity contribution is -0.139. The largest absolute Gasteiger partial charge is 0.434 e. The first-order chi connectivity index (χ1) is 12.5. The van der Waals surface area contributed by atoms with E-state index in [2.05, 4.69) is 21.9 Å². The Labute approximate surface area is 155 Å². The molecule has 0 radical (unpaired) electrons. The Hall–Kier alpha value is -2.26. The van der Waals surface area contributed by atoms with Crippen LogP contribution in [-0.2, 0) is 9.53 Å². The monoisotopic (exact) mass is 383 g/mol. The minimum atomic E-state index is -2.97. The lowest BCUT2D eigenvalue weighted by Crippen LogP contribution is -2.55. The number of morpholine rings is 1. The van der Waals surface area contributed by atoms with Gasteiger partial charge in [0.05, 0.1) is 19.3 Å². The van der Waals surface area contributed by atoms with Gasteiger partial charge < -0.3 is 25.0 Å². The van der Waals surface area contributed by atoms with E-state index in [1.165, 1.54) is 6.07 Å². The molecule has 0 aliphatic carbocycles. The molecule has 2 aliphatic heterocycles. The van der Waals surface area contributed by atoms with E-state index in [1.54, 1.807) is 23.1 Å². The highest BCUT2D eigenvalue weighted by Crippen LogP contribution is 2.36. The molecule has 1 aromatic rings. The Kier molecular flexibility index (Phi) is 5.67. The topological polar surface area (TPSA) is 62.8 Å². The van der Waals surface area contributed by atoms with Crippen molar-refractivity contribution in [3.8, 4) is 5.75 Å². The molecule has 0 unspecified atom stereocenters. The molecule has 9 heteroatoms. The average molecular weight is 383 g/mol. The number of nitrogens with zero attached hydrogens (tertiary/aromatic N) is 1. The summed E-state index contributed by atoms with van der Waals surface area (Å²) in [5, 5.41) is 6.15. The zero-order chi connectivity index (χ0) is 18.7. The summed E-state index contributed by atoms with van der Waals surface area (Å²) < 4.78 is 35.5. The first-order valence-corrected chi connectivity index (χ1v) is 8.55. The van der Waals surface area contributed by atoms with Gasteiger partial charge in [0.1, 0.15) is 11.7 Å². The van der Waals surface area contributed by atoms with Crippen LogP contribution in [0, 0.1) is 5.92 Å². The van der Waals surface area contributed by atoms with E-state index in [0.717, 1.165) is 0 Å². The van der Waals surface area contributed by atoms with E-state index < -0.39 is 18.6 Å². The Morgan fingerprint density at radius 3 is 2.73 bits per heavy atom. The first kappa shape index (κ1) is 18.5. The van der Waals surface area contributed by atoms with E-state index in [1.807, 2.05) is 0 Å². The molecular weight excluding hydrogens is 364 g/mol. The molecule has 2 atom stereocenters. The van der Waals surface area contributed by atoms with Crippen LogP contribution in [0.1, 0.15) is 11.6 Å². The number of thiocarbonyl (C=S) groups is 1. The number of nitrogens with one attached hydrogen (secondary N) is 2. The van der Waals surface area contributed by atoms with Gasteiger partial charge in [-0.05, 0) is 18.3 Å². The summed E-state index contributed by atoms with van der Waals surface area (Å²) in [5.74, 6) is -0.892. The SMILES string of the molecule is C=C1NC(=S)N[C@@H](c2ccccc2OC(F)F)[C@@H]1C(=O)N1CCOCC1. The van der Waals surface area contributed by atoms with Crippen molar-refractivity contribution in [1.29, 1.82) is 0 Å². The Bertz CT molecular complexity index is 710. The highest BCUT2D eigenvalue weighted by molar-refractivity contribution is 7.80. The summed E-state index contributed by atoms with van der Waals surface area (Å²) in [6, 6.07) is 5.69. The summed E-state index contributed by atoms with van der Waals surface area (Å²) in [5.41, 5.74) is 0.839. The van der Waals surface area contributed by atoms with Gasteiger partial charge in [-0.2, -0.15) is 8.78 Å². The van der Waals surface area contributed by atoms with Crippen LogP contribution in [0.4, 0.5) is 8.78 Å². The second-order valence-corrected chi connectivity index (χ2v) is 6.34. The second-order valence-electron chi connectivity index (χ2n) is 5.93. The van der Waals surface area contributed by atoms with Gasteiger partial charge in [-0.3, -0.25) is 4.79 Å². The van der Waals surface area contributed by atoms with Crippen LogP contribution < -0.4 is 15.4 Å². The number of amides is 1. The molecule has 2 saturated heterocycles. The lowest BCUT2D eigenvalue weighted by atomic mass is 9.87. The fraction of sp³-hybridized carbons (Fsp3) is 0.412. The van der Waals surface area contributed by atoms with Crippen molar-refractivity contribution < 1.29 is 23.0 Å². The molecule has 1 aromatic carbocycles. The van der Waals surface area contributed by atoms with E-state index in [0.29, 0.717) is 37.6 Å². The van der Waals surface area contributed by atoms with E-state index in [4.69, 9.17) is 17.0 Å². The van der Waals surface area contributed by atoms with Crippen molar-refractivity contribution in [1.82, 2.24) is 15.5 Å².